The number of methoxy groups -OCH3 is 1. The fraction of sp³-hybridized carbons (Fsp3) is 0.174. The van der Waals surface area contributed by atoms with Crippen molar-refractivity contribution in [3.8, 4) is 11.5 Å². The summed E-state index contributed by atoms with van der Waals surface area (Å²) in [7, 11) is 1.62. The lowest BCUT2D eigenvalue weighted by Gasteiger charge is -2.12. The van der Waals surface area contributed by atoms with Crippen LogP contribution in [0.1, 0.15) is 27.0 Å². The molecule has 1 N–H and O–H groups in total. The lowest BCUT2D eigenvalue weighted by Crippen LogP contribution is -2.13. The molecular weight excluding hydrogens is 338 g/mol. The predicted molar refractivity (Wildman–Crippen MR) is 108 cm³/mol. The molecule has 0 aliphatic rings. The van der Waals surface area contributed by atoms with Gasteiger partial charge < -0.3 is 14.8 Å². The zero-order valence-corrected chi connectivity index (χ0v) is 15.8. The lowest BCUT2D eigenvalue weighted by atomic mass is 10.1. The standard InChI is InChI=1S/C23H23NO3/c1-16-7-6-8-17(2)22(16)24-23(25)19-13-11-18(12-14-19)15-27-21-10-5-4-9-20(21)26-3/h4-14H,15H2,1-3H3,(H,24,25). The van der Waals surface area contributed by atoms with Crippen molar-refractivity contribution in [3.05, 3.63) is 89.0 Å². The highest BCUT2D eigenvalue weighted by molar-refractivity contribution is 6.05. The Morgan fingerprint density at radius 1 is 0.852 bits per heavy atom. The van der Waals surface area contributed by atoms with Gasteiger partial charge in [-0.2, -0.15) is 0 Å². The van der Waals surface area contributed by atoms with E-state index in [0.29, 0.717) is 23.7 Å². The van der Waals surface area contributed by atoms with E-state index in [-0.39, 0.29) is 5.91 Å². The number of aryl methyl sites for hydroxylation is 2. The molecule has 27 heavy (non-hydrogen) atoms. The highest BCUT2D eigenvalue weighted by Gasteiger charge is 2.10. The van der Waals surface area contributed by atoms with Gasteiger partial charge in [-0.25, -0.2) is 0 Å². The van der Waals surface area contributed by atoms with E-state index in [1.165, 1.54) is 0 Å². The molecule has 0 saturated heterocycles. The van der Waals surface area contributed by atoms with E-state index >= 15 is 0 Å². The number of hydrogen-bond donors (Lipinski definition) is 1. The third-order valence-corrected chi connectivity index (χ3v) is 4.40. The molecule has 0 fully saturated rings. The van der Waals surface area contributed by atoms with Gasteiger partial charge in [0.2, 0.25) is 0 Å². The maximum Gasteiger partial charge on any atom is 0.255 e. The minimum Gasteiger partial charge on any atom is -0.493 e. The highest BCUT2D eigenvalue weighted by Crippen LogP contribution is 2.26. The van der Waals surface area contributed by atoms with Crippen molar-refractivity contribution in [2.45, 2.75) is 20.5 Å². The van der Waals surface area contributed by atoms with E-state index in [4.69, 9.17) is 9.47 Å². The molecule has 0 bridgehead atoms. The molecule has 0 aliphatic heterocycles. The molecular formula is C23H23NO3. The molecule has 0 heterocycles. The van der Waals surface area contributed by atoms with Gasteiger partial charge in [-0.05, 0) is 54.8 Å². The van der Waals surface area contributed by atoms with Crippen LogP contribution in [0.3, 0.4) is 0 Å². The van der Waals surface area contributed by atoms with Crippen LogP contribution < -0.4 is 14.8 Å². The van der Waals surface area contributed by atoms with Crippen molar-refractivity contribution in [1.82, 2.24) is 0 Å². The van der Waals surface area contributed by atoms with E-state index in [1.807, 2.05) is 80.6 Å². The Balaban J connectivity index is 1.65. The van der Waals surface area contributed by atoms with Crippen LogP contribution in [-0.2, 0) is 6.61 Å². The van der Waals surface area contributed by atoms with Crippen LogP contribution in [-0.4, -0.2) is 13.0 Å². The Kier molecular flexibility index (Phi) is 5.77. The SMILES string of the molecule is COc1ccccc1OCc1ccc(C(=O)Nc2c(C)cccc2C)cc1. The van der Waals surface area contributed by atoms with Gasteiger partial charge in [0.25, 0.3) is 5.91 Å². The largest absolute Gasteiger partial charge is 0.493 e. The quantitative estimate of drug-likeness (QED) is 0.661. The van der Waals surface area contributed by atoms with Crippen molar-refractivity contribution in [3.63, 3.8) is 0 Å². The molecule has 0 saturated carbocycles. The molecule has 3 rings (SSSR count). The molecule has 4 nitrogen and oxygen atoms in total. The number of hydrogen-bond acceptors (Lipinski definition) is 3. The van der Waals surface area contributed by atoms with Crippen LogP contribution in [0.15, 0.2) is 66.7 Å². The van der Waals surface area contributed by atoms with E-state index < -0.39 is 0 Å². The molecule has 4 heteroatoms. The molecule has 0 aromatic heterocycles. The lowest BCUT2D eigenvalue weighted by molar-refractivity contribution is 0.102. The average molecular weight is 361 g/mol. The summed E-state index contributed by atoms with van der Waals surface area (Å²) in [5.74, 6) is 1.27. The first-order valence-corrected chi connectivity index (χ1v) is 8.81. The number of benzene rings is 3. The summed E-state index contributed by atoms with van der Waals surface area (Å²) in [6.07, 6.45) is 0. The van der Waals surface area contributed by atoms with Gasteiger partial charge in [0.1, 0.15) is 6.61 Å². The van der Waals surface area contributed by atoms with Gasteiger partial charge in [0, 0.05) is 11.3 Å². The molecule has 0 unspecified atom stereocenters. The number of ether oxygens (including phenoxy) is 2. The van der Waals surface area contributed by atoms with Crippen molar-refractivity contribution < 1.29 is 14.3 Å². The number of nitrogens with one attached hydrogen (secondary N) is 1. The second-order valence-electron chi connectivity index (χ2n) is 6.36. The second-order valence-corrected chi connectivity index (χ2v) is 6.36. The minimum absolute atomic E-state index is 0.121. The summed E-state index contributed by atoms with van der Waals surface area (Å²) in [5.41, 5.74) is 4.55. The van der Waals surface area contributed by atoms with Crippen molar-refractivity contribution in [1.29, 1.82) is 0 Å². The van der Waals surface area contributed by atoms with E-state index in [2.05, 4.69) is 5.32 Å². The van der Waals surface area contributed by atoms with Crippen LogP contribution in [0, 0.1) is 13.8 Å². The van der Waals surface area contributed by atoms with Crippen LogP contribution in [0.4, 0.5) is 5.69 Å². The molecule has 1 amide bonds. The Labute approximate surface area is 159 Å². The van der Waals surface area contributed by atoms with Gasteiger partial charge in [-0.1, -0.05) is 42.5 Å². The topological polar surface area (TPSA) is 47.6 Å². The summed E-state index contributed by atoms with van der Waals surface area (Å²) >= 11 is 0. The smallest absolute Gasteiger partial charge is 0.255 e. The monoisotopic (exact) mass is 361 g/mol. The molecule has 138 valence electrons. The van der Waals surface area contributed by atoms with E-state index in [0.717, 1.165) is 22.4 Å². The normalized spacial score (nSPS) is 10.3. The summed E-state index contributed by atoms with van der Waals surface area (Å²) in [5, 5.41) is 3.00. The van der Waals surface area contributed by atoms with Crippen LogP contribution in [0.25, 0.3) is 0 Å². The summed E-state index contributed by atoms with van der Waals surface area (Å²) in [6, 6.07) is 20.9. The minimum atomic E-state index is -0.121. The molecule has 3 aromatic carbocycles. The second kappa shape index (κ2) is 8.41. The first-order chi connectivity index (χ1) is 13.1. The third kappa shape index (κ3) is 4.47. The van der Waals surface area contributed by atoms with Gasteiger partial charge in [-0.3, -0.25) is 4.79 Å². The van der Waals surface area contributed by atoms with Crippen molar-refractivity contribution in [2.75, 3.05) is 12.4 Å². The zero-order valence-electron chi connectivity index (χ0n) is 15.8. The number of carbonyl (C=O) groups excluding carboxylic acids is 1. The Hall–Kier alpha value is -3.27. The van der Waals surface area contributed by atoms with Crippen LogP contribution in [0.2, 0.25) is 0 Å². The van der Waals surface area contributed by atoms with Crippen molar-refractivity contribution >= 4 is 11.6 Å². The highest BCUT2D eigenvalue weighted by atomic mass is 16.5. The first kappa shape index (κ1) is 18.5. The zero-order chi connectivity index (χ0) is 19.2. The molecule has 0 radical (unpaired) electrons. The average Bonchev–Trinajstić information content (AvgIpc) is 2.69. The van der Waals surface area contributed by atoms with Gasteiger partial charge >= 0.3 is 0 Å². The molecule has 0 aliphatic carbocycles. The number of anilines is 1. The van der Waals surface area contributed by atoms with Crippen LogP contribution in [0.5, 0.6) is 11.5 Å². The Morgan fingerprint density at radius 2 is 1.48 bits per heavy atom. The maximum absolute atomic E-state index is 12.5. The summed E-state index contributed by atoms with van der Waals surface area (Å²) in [6.45, 7) is 4.38. The number of para-hydroxylation sites is 3. The molecule has 0 atom stereocenters. The van der Waals surface area contributed by atoms with Crippen LogP contribution >= 0.6 is 0 Å². The Bertz CT molecular complexity index is 912. The molecule has 0 spiro atoms. The number of rotatable bonds is 6. The van der Waals surface area contributed by atoms with Crippen molar-refractivity contribution in [2.24, 2.45) is 0 Å². The third-order valence-electron chi connectivity index (χ3n) is 4.40. The number of amides is 1. The van der Waals surface area contributed by atoms with E-state index in [9.17, 15) is 4.79 Å². The van der Waals surface area contributed by atoms with Gasteiger partial charge in [0.15, 0.2) is 11.5 Å². The fourth-order valence-electron chi connectivity index (χ4n) is 2.85. The maximum atomic E-state index is 12.5. The van der Waals surface area contributed by atoms with E-state index in [1.54, 1.807) is 7.11 Å². The first-order valence-electron chi connectivity index (χ1n) is 8.81. The summed E-state index contributed by atoms with van der Waals surface area (Å²) < 4.78 is 11.1. The Morgan fingerprint density at radius 3 is 2.11 bits per heavy atom. The predicted octanol–water partition coefficient (Wildman–Crippen LogP) is 5.14. The fourth-order valence-corrected chi connectivity index (χ4v) is 2.85. The van der Waals surface area contributed by atoms with Gasteiger partial charge in [0.05, 0.1) is 7.11 Å². The number of carbonyl (C=O) groups is 1. The molecule has 3 aromatic rings. The van der Waals surface area contributed by atoms with Gasteiger partial charge in [-0.15, -0.1) is 0 Å². The summed E-state index contributed by atoms with van der Waals surface area (Å²) in [4.78, 5) is 12.5.